The lowest BCUT2D eigenvalue weighted by Gasteiger charge is -2.11. The van der Waals surface area contributed by atoms with Gasteiger partial charge >= 0.3 is 0 Å². The number of carbonyl (C=O) groups excluding carboxylic acids is 1. The SMILES string of the molecule is CCCN.NCCNC(=O)c1cc(-c2ccccc2)cc(-c2ccccc2)c1. The minimum Gasteiger partial charge on any atom is -0.351 e. The summed E-state index contributed by atoms with van der Waals surface area (Å²) in [5.41, 5.74) is 15.4. The highest BCUT2D eigenvalue weighted by Crippen LogP contribution is 2.28. The number of nitrogens with one attached hydrogen (secondary N) is 1. The van der Waals surface area contributed by atoms with Gasteiger partial charge in [-0.1, -0.05) is 67.6 Å². The van der Waals surface area contributed by atoms with E-state index in [1.54, 1.807) is 0 Å². The molecule has 146 valence electrons. The monoisotopic (exact) mass is 375 g/mol. The van der Waals surface area contributed by atoms with E-state index in [4.69, 9.17) is 11.5 Å². The number of hydrogen-bond acceptors (Lipinski definition) is 3. The summed E-state index contributed by atoms with van der Waals surface area (Å²) in [5, 5.41) is 2.84. The molecule has 0 aromatic heterocycles. The molecule has 3 aromatic carbocycles. The molecule has 3 aromatic rings. The summed E-state index contributed by atoms with van der Waals surface area (Å²) in [7, 11) is 0. The number of nitrogens with two attached hydrogens (primary N) is 2. The molecule has 5 N–H and O–H groups in total. The van der Waals surface area contributed by atoms with Gasteiger partial charge in [-0.15, -0.1) is 0 Å². The topological polar surface area (TPSA) is 81.1 Å². The lowest BCUT2D eigenvalue weighted by Crippen LogP contribution is -2.29. The van der Waals surface area contributed by atoms with Crippen LogP contribution in [-0.2, 0) is 0 Å². The number of carbonyl (C=O) groups is 1. The smallest absolute Gasteiger partial charge is 0.251 e. The van der Waals surface area contributed by atoms with Gasteiger partial charge in [0.1, 0.15) is 0 Å². The zero-order valence-corrected chi connectivity index (χ0v) is 16.4. The maximum Gasteiger partial charge on any atom is 0.251 e. The van der Waals surface area contributed by atoms with Crippen LogP contribution in [0.3, 0.4) is 0 Å². The van der Waals surface area contributed by atoms with E-state index in [0.29, 0.717) is 18.7 Å². The third kappa shape index (κ3) is 6.34. The van der Waals surface area contributed by atoms with Crippen molar-refractivity contribution in [2.75, 3.05) is 19.6 Å². The van der Waals surface area contributed by atoms with Crippen LogP contribution in [0.2, 0.25) is 0 Å². The Hall–Kier alpha value is -2.95. The van der Waals surface area contributed by atoms with Gasteiger partial charge in [-0.3, -0.25) is 4.79 Å². The second-order valence-corrected chi connectivity index (χ2v) is 6.36. The second-order valence-electron chi connectivity index (χ2n) is 6.36. The average Bonchev–Trinajstić information content (AvgIpc) is 2.78. The Morgan fingerprint density at radius 3 is 1.61 bits per heavy atom. The van der Waals surface area contributed by atoms with Gasteiger partial charge in [0.25, 0.3) is 5.91 Å². The highest BCUT2D eigenvalue weighted by molar-refractivity contribution is 5.97. The van der Waals surface area contributed by atoms with Crippen LogP contribution in [0, 0.1) is 0 Å². The zero-order valence-electron chi connectivity index (χ0n) is 16.4. The van der Waals surface area contributed by atoms with E-state index in [9.17, 15) is 4.79 Å². The summed E-state index contributed by atoms with van der Waals surface area (Å²) < 4.78 is 0. The molecule has 0 radical (unpaired) electrons. The Morgan fingerprint density at radius 2 is 1.21 bits per heavy atom. The molecule has 0 atom stereocenters. The fourth-order valence-corrected chi connectivity index (χ4v) is 2.64. The third-order valence-corrected chi connectivity index (χ3v) is 4.13. The normalized spacial score (nSPS) is 9.96. The van der Waals surface area contributed by atoms with Gasteiger partial charge in [-0.05, 0) is 53.4 Å². The van der Waals surface area contributed by atoms with Gasteiger partial charge in [-0.2, -0.15) is 0 Å². The first-order chi connectivity index (χ1) is 13.7. The van der Waals surface area contributed by atoms with E-state index in [2.05, 4.69) is 18.3 Å². The van der Waals surface area contributed by atoms with Gasteiger partial charge < -0.3 is 16.8 Å². The molecule has 0 heterocycles. The number of benzene rings is 3. The largest absolute Gasteiger partial charge is 0.351 e. The predicted molar refractivity (Wildman–Crippen MR) is 118 cm³/mol. The summed E-state index contributed by atoms with van der Waals surface area (Å²) in [5.74, 6) is -0.101. The van der Waals surface area contributed by atoms with Crippen molar-refractivity contribution >= 4 is 5.91 Å². The second kappa shape index (κ2) is 11.7. The van der Waals surface area contributed by atoms with Crippen LogP contribution in [0.15, 0.2) is 78.9 Å². The Balaban J connectivity index is 0.000000640. The van der Waals surface area contributed by atoms with E-state index in [1.165, 1.54) is 0 Å². The standard InChI is InChI=1S/C21H20N2O.C3H9N/c22-11-12-23-21(24)20-14-18(16-7-3-1-4-8-16)13-19(15-20)17-9-5-2-6-10-17;1-2-3-4/h1-10,13-15H,11-12,22H2,(H,23,24);2-4H2,1H3. The van der Waals surface area contributed by atoms with Crippen LogP contribution < -0.4 is 16.8 Å². The van der Waals surface area contributed by atoms with Crippen LogP contribution in [0.1, 0.15) is 23.7 Å². The Labute approximate surface area is 167 Å². The first kappa shape index (κ1) is 21.4. The van der Waals surface area contributed by atoms with Crippen molar-refractivity contribution in [1.82, 2.24) is 5.32 Å². The average molecular weight is 376 g/mol. The summed E-state index contributed by atoms with van der Waals surface area (Å²) in [4.78, 5) is 12.4. The first-order valence-corrected chi connectivity index (χ1v) is 9.63. The molecular weight excluding hydrogens is 346 g/mol. The van der Waals surface area contributed by atoms with Crippen molar-refractivity contribution < 1.29 is 4.79 Å². The molecule has 28 heavy (non-hydrogen) atoms. The number of hydrogen-bond donors (Lipinski definition) is 3. The van der Waals surface area contributed by atoms with Crippen LogP contribution in [0.5, 0.6) is 0 Å². The number of rotatable bonds is 6. The lowest BCUT2D eigenvalue weighted by atomic mass is 9.96. The van der Waals surface area contributed by atoms with Crippen molar-refractivity contribution in [3.63, 3.8) is 0 Å². The molecule has 3 rings (SSSR count). The maximum absolute atomic E-state index is 12.4. The fourth-order valence-electron chi connectivity index (χ4n) is 2.64. The van der Waals surface area contributed by atoms with E-state index < -0.39 is 0 Å². The van der Waals surface area contributed by atoms with Gasteiger partial charge in [0.05, 0.1) is 0 Å². The summed E-state index contributed by atoms with van der Waals surface area (Å²) in [6, 6.07) is 26.1. The molecule has 1 amide bonds. The van der Waals surface area contributed by atoms with Gasteiger partial charge in [0.2, 0.25) is 0 Å². The third-order valence-electron chi connectivity index (χ3n) is 4.13. The molecule has 0 aliphatic heterocycles. The van der Waals surface area contributed by atoms with Crippen molar-refractivity contribution in [2.45, 2.75) is 13.3 Å². The quantitative estimate of drug-likeness (QED) is 0.607. The van der Waals surface area contributed by atoms with Crippen LogP contribution in [-0.4, -0.2) is 25.5 Å². The highest BCUT2D eigenvalue weighted by atomic mass is 16.1. The lowest BCUT2D eigenvalue weighted by molar-refractivity contribution is 0.0955. The highest BCUT2D eigenvalue weighted by Gasteiger charge is 2.10. The minimum absolute atomic E-state index is 0.101. The van der Waals surface area contributed by atoms with E-state index in [1.807, 2.05) is 72.8 Å². The van der Waals surface area contributed by atoms with Gasteiger partial charge in [-0.25, -0.2) is 0 Å². The summed E-state index contributed by atoms with van der Waals surface area (Å²) in [6.07, 6.45) is 1.10. The van der Waals surface area contributed by atoms with Crippen molar-refractivity contribution in [1.29, 1.82) is 0 Å². The molecule has 0 saturated heterocycles. The molecule has 0 saturated carbocycles. The van der Waals surface area contributed by atoms with Gasteiger partial charge in [0, 0.05) is 18.7 Å². The van der Waals surface area contributed by atoms with E-state index in [-0.39, 0.29) is 5.91 Å². The molecule has 4 heteroatoms. The van der Waals surface area contributed by atoms with Crippen LogP contribution in [0.4, 0.5) is 0 Å². The molecule has 0 fully saturated rings. The Morgan fingerprint density at radius 1 is 0.750 bits per heavy atom. The number of amides is 1. The van der Waals surface area contributed by atoms with Crippen molar-refractivity contribution in [3.8, 4) is 22.3 Å². The molecule has 4 nitrogen and oxygen atoms in total. The fraction of sp³-hybridized carbons (Fsp3) is 0.208. The predicted octanol–water partition coefficient (Wildman–Crippen LogP) is 4.06. The summed E-state index contributed by atoms with van der Waals surface area (Å²) in [6.45, 7) is 3.77. The van der Waals surface area contributed by atoms with E-state index in [0.717, 1.165) is 35.2 Å². The molecule has 0 aliphatic rings. The molecule has 0 bridgehead atoms. The van der Waals surface area contributed by atoms with Crippen LogP contribution in [0.25, 0.3) is 22.3 Å². The minimum atomic E-state index is -0.101. The van der Waals surface area contributed by atoms with Crippen LogP contribution >= 0.6 is 0 Å². The molecule has 0 aliphatic carbocycles. The molecular formula is C24H29N3O. The first-order valence-electron chi connectivity index (χ1n) is 9.63. The maximum atomic E-state index is 12.4. The molecule has 0 unspecified atom stereocenters. The zero-order chi connectivity index (χ0) is 20.2. The Kier molecular flexibility index (Phi) is 8.92. The molecule has 0 spiro atoms. The van der Waals surface area contributed by atoms with E-state index >= 15 is 0 Å². The Bertz CT molecular complexity index is 788. The van der Waals surface area contributed by atoms with Crippen molar-refractivity contribution in [2.24, 2.45) is 11.5 Å². The van der Waals surface area contributed by atoms with Crippen molar-refractivity contribution in [3.05, 3.63) is 84.4 Å². The summed E-state index contributed by atoms with van der Waals surface area (Å²) >= 11 is 0. The van der Waals surface area contributed by atoms with Gasteiger partial charge in [0.15, 0.2) is 0 Å².